The third-order valence-corrected chi connectivity index (χ3v) is 4.18. The fourth-order valence-corrected chi connectivity index (χ4v) is 2.72. The van der Waals surface area contributed by atoms with Crippen LogP contribution in [0.1, 0.15) is 32.0 Å². The minimum absolute atomic E-state index is 0.116. The molecule has 0 spiro atoms. The molecule has 1 aromatic carbocycles. The van der Waals surface area contributed by atoms with Crippen molar-refractivity contribution >= 4 is 11.8 Å². The van der Waals surface area contributed by atoms with Gasteiger partial charge in [0.2, 0.25) is 0 Å². The zero-order valence-corrected chi connectivity index (χ0v) is 14.6. The van der Waals surface area contributed by atoms with Crippen molar-refractivity contribution in [3.05, 3.63) is 83.3 Å². The highest BCUT2D eigenvalue weighted by Gasteiger charge is 2.14. The van der Waals surface area contributed by atoms with Gasteiger partial charge in [-0.15, -0.1) is 0 Å². The average Bonchev–Trinajstić information content (AvgIpc) is 2.69. The van der Waals surface area contributed by atoms with Crippen LogP contribution in [0.5, 0.6) is 0 Å². The number of rotatable bonds is 5. The molecule has 0 saturated heterocycles. The van der Waals surface area contributed by atoms with Gasteiger partial charge in [0.15, 0.2) is 5.78 Å². The number of ketones is 1. The quantitative estimate of drug-likeness (QED) is 0.521. The van der Waals surface area contributed by atoms with Crippen LogP contribution in [0.3, 0.4) is 0 Å². The first-order valence-electron chi connectivity index (χ1n) is 8.17. The number of benzene rings is 1. The van der Waals surface area contributed by atoms with Gasteiger partial charge in [0.1, 0.15) is 5.69 Å². The Hall–Kier alpha value is -3.34. The van der Waals surface area contributed by atoms with Gasteiger partial charge in [-0.25, -0.2) is 4.79 Å². The Morgan fingerprint density at radius 2 is 1.77 bits per heavy atom. The van der Waals surface area contributed by atoms with E-state index in [1.807, 2.05) is 43.3 Å². The molecule has 0 N–H and O–H groups in total. The summed E-state index contributed by atoms with van der Waals surface area (Å²) in [5.41, 5.74) is 4.39. The molecule has 0 saturated carbocycles. The Bertz CT molecular complexity index is 935. The zero-order valence-electron chi connectivity index (χ0n) is 14.6. The van der Waals surface area contributed by atoms with Gasteiger partial charge in [0.05, 0.1) is 18.4 Å². The van der Waals surface area contributed by atoms with E-state index in [9.17, 15) is 9.59 Å². The van der Waals surface area contributed by atoms with Crippen LogP contribution in [0.15, 0.2) is 60.9 Å². The number of carbonyl (C=O) groups excluding carboxylic acids is 2. The molecule has 5 heteroatoms. The number of nitrogens with zero attached hydrogens (tertiary/aromatic N) is 2. The predicted molar refractivity (Wildman–Crippen MR) is 98.0 cm³/mol. The highest BCUT2D eigenvalue weighted by atomic mass is 16.5. The van der Waals surface area contributed by atoms with Crippen molar-refractivity contribution in [2.75, 3.05) is 7.11 Å². The average molecular weight is 346 g/mol. The van der Waals surface area contributed by atoms with Crippen LogP contribution in [0.2, 0.25) is 0 Å². The van der Waals surface area contributed by atoms with E-state index in [1.165, 1.54) is 13.3 Å². The molecule has 5 nitrogen and oxygen atoms in total. The minimum atomic E-state index is -0.478. The lowest BCUT2D eigenvalue weighted by Crippen LogP contribution is -2.09. The molecule has 0 atom stereocenters. The minimum Gasteiger partial charge on any atom is -0.465 e. The summed E-state index contributed by atoms with van der Waals surface area (Å²) in [4.78, 5) is 32.6. The summed E-state index contributed by atoms with van der Waals surface area (Å²) in [5, 5.41) is 0. The van der Waals surface area contributed by atoms with Gasteiger partial charge < -0.3 is 4.74 Å². The van der Waals surface area contributed by atoms with E-state index in [4.69, 9.17) is 0 Å². The summed E-state index contributed by atoms with van der Waals surface area (Å²) in [5.74, 6) is -0.594. The molecule has 26 heavy (non-hydrogen) atoms. The number of methoxy groups -OCH3 is 1. The number of carbonyl (C=O) groups is 2. The van der Waals surface area contributed by atoms with Crippen molar-refractivity contribution in [1.29, 1.82) is 0 Å². The molecule has 0 unspecified atom stereocenters. The molecule has 0 aliphatic heterocycles. The fraction of sp³-hybridized carbons (Fsp3) is 0.143. The monoisotopic (exact) mass is 346 g/mol. The maximum absolute atomic E-state index is 12.6. The molecule has 3 rings (SSSR count). The number of ether oxygens (including phenoxy) is 1. The van der Waals surface area contributed by atoms with Gasteiger partial charge in [-0.2, -0.15) is 0 Å². The number of Topliss-reactive ketones (excluding diaryl/α,β-unsaturated/α-hetero) is 1. The lowest BCUT2D eigenvalue weighted by molar-refractivity contribution is 0.0599. The first kappa shape index (κ1) is 17.5. The molecular weight excluding hydrogens is 328 g/mol. The van der Waals surface area contributed by atoms with Crippen LogP contribution in [0, 0.1) is 6.92 Å². The first-order chi connectivity index (χ1) is 12.6. The molecule has 2 aromatic heterocycles. The van der Waals surface area contributed by atoms with Crippen molar-refractivity contribution in [3.63, 3.8) is 0 Å². The molecule has 0 aliphatic carbocycles. The lowest BCUT2D eigenvalue weighted by atomic mass is 9.98. The molecule has 130 valence electrons. The molecule has 0 bridgehead atoms. The number of hydrogen-bond donors (Lipinski definition) is 0. The van der Waals surface area contributed by atoms with Crippen LogP contribution in [0.25, 0.3) is 11.3 Å². The summed E-state index contributed by atoms with van der Waals surface area (Å²) in [6, 6.07) is 14.8. The second-order valence-corrected chi connectivity index (χ2v) is 5.83. The Kier molecular flexibility index (Phi) is 5.17. The predicted octanol–water partition coefficient (Wildman–Crippen LogP) is 3.66. The van der Waals surface area contributed by atoms with E-state index in [0.717, 1.165) is 22.4 Å². The Labute approximate surface area is 151 Å². The second-order valence-electron chi connectivity index (χ2n) is 5.83. The summed E-state index contributed by atoms with van der Waals surface area (Å²) in [6.07, 6.45) is 3.29. The molecular formula is C21H18N2O3. The first-order valence-corrected chi connectivity index (χ1v) is 8.17. The fourth-order valence-electron chi connectivity index (χ4n) is 2.72. The Morgan fingerprint density at radius 3 is 2.42 bits per heavy atom. The summed E-state index contributed by atoms with van der Waals surface area (Å²) >= 11 is 0. The number of aromatic nitrogens is 2. The van der Waals surface area contributed by atoms with Crippen LogP contribution in [-0.4, -0.2) is 28.8 Å². The van der Waals surface area contributed by atoms with E-state index in [-0.39, 0.29) is 12.2 Å². The van der Waals surface area contributed by atoms with Crippen molar-refractivity contribution in [2.45, 2.75) is 13.3 Å². The molecule has 2 heterocycles. The largest absolute Gasteiger partial charge is 0.465 e. The van der Waals surface area contributed by atoms with Gasteiger partial charge in [-0.1, -0.05) is 30.3 Å². The molecule has 0 radical (unpaired) electrons. The third kappa shape index (κ3) is 3.67. The van der Waals surface area contributed by atoms with Gasteiger partial charge in [-0.05, 0) is 36.2 Å². The second kappa shape index (κ2) is 7.70. The van der Waals surface area contributed by atoms with Gasteiger partial charge in [0, 0.05) is 24.4 Å². The van der Waals surface area contributed by atoms with Crippen LogP contribution in [-0.2, 0) is 11.2 Å². The number of hydrogen-bond acceptors (Lipinski definition) is 5. The van der Waals surface area contributed by atoms with Crippen LogP contribution < -0.4 is 0 Å². The van der Waals surface area contributed by atoms with E-state index in [0.29, 0.717) is 11.3 Å². The van der Waals surface area contributed by atoms with Crippen molar-refractivity contribution in [1.82, 2.24) is 9.97 Å². The van der Waals surface area contributed by atoms with E-state index in [1.54, 1.807) is 18.3 Å². The molecule has 0 fully saturated rings. The van der Waals surface area contributed by atoms with Gasteiger partial charge >= 0.3 is 5.97 Å². The highest BCUT2D eigenvalue weighted by molar-refractivity contribution is 5.97. The Morgan fingerprint density at radius 1 is 1.00 bits per heavy atom. The smallest absolute Gasteiger partial charge is 0.339 e. The SMILES string of the molecule is COC(=O)c1ccc(C(=O)Cc2ccnc(-c3ccccc3)c2C)nc1. The maximum atomic E-state index is 12.6. The van der Waals surface area contributed by atoms with Crippen molar-refractivity contribution in [2.24, 2.45) is 0 Å². The standard InChI is InChI=1S/C21H18N2O3/c1-14-16(10-11-22-20(14)15-6-4-3-5-7-15)12-19(24)18-9-8-17(13-23-18)21(25)26-2/h3-11,13H,12H2,1-2H3. The van der Waals surface area contributed by atoms with Crippen molar-refractivity contribution in [3.8, 4) is 11.3 Å². The summed E-state index contributed by atoms with van der Waals surface area (Å²) in [6.45, 7) is 1.96. The lowest BCUT2D eigenvalue weighted by Gasteiger charge is -2.10. The molecule has 0 aliphatic rings. The van der Waals surface area contributed by atoms with E-state index in [2.05, 4.69) is 14.7 Å². The third-order valence-electron chi connectivity index (χ3n) is 4.18. The topological polar surface area (TPSA) is 69.2 Å². The summed E-state index contributed by atoms with van der Waals surface area (Å²) < 4.78 is 4.63. The highest BCUT2D eigenvalue weighted by Crippen LogP contribution is 2.23. The number of pyridine rings is 2. The Balaban J connectivity index is 1.83. The van der Waals surface area contributed by atoms with Gasteiger partial charge in [-0.3, -0.25) is 14.8 Å². The van der Waals surface area contributed by atoms with Crippen LogP contribution >= 0.6 is 0 Å². The van der Waals surface area contributed by atoms with Crippen molar-refractivity contribution < 1.29 is 14.3 Å². The molecule has 0 amide bonds. The maximum Gasteiger partial charge on any atom is 0.339 e. The van der Waals surface area contributed by atoms with Crippen LogP contribution in [0.4, 0.5) is 0 Å². The number of esters is 1. The zero-order chi connectivity index (χ0) is 18.5. The normalized spacial score (nSPS) is 10.4. The summed E-state index contributed by atoms with van der Waals surface area (Å²) in [7, 11) is 1.30. The van der Waals surface area contributed by atoms with E-state index >= 15 is 0 Å². The van der Waals surface area contributed by atoms with E-state index < -0.39 is 5.97 Å². The van der Waals surface area contributed by atoms with Gasteiger partial charge in [0.25, 0.3) is 0 Å². The molecule has 3 aromatic rings.